The summed E-state index contributed by atoms with van der Waals surface area (Å²) in [5.41, 5.74) is 8.72. The Labute approximate surface area is 213 Å². The Morgan fingerprint density at radius 3 is 2.78 bits per heavy atom. The number of hydrogen-bond acceptors (Lipinski definition) is 6. The Bertz CT molecular complexity index is 1640. The van der Waals surface area contributed by atoms with E-state index in [2.05, 4.69) is 62.4 Å². The summed E-state index contributed by atoms with van der Waals surface area (Å²) >= 11 is 6.50. The fourth-order valence-corrected chi connectivity index (χ4v) is 5.14. The number of benzene rings is 2. The normalized spacial score (nSPS) is 14.2. The molecule has 5 aromatic rings. The fraction of sp³-hybridized carbons (Fsp3) is 0.222. The van der Waals surface area contributed by atoms with Crippen LogP contribution >= 0.6 is 11.6 Å². The van der Waals surface area contributed by atoms with Gasteiger partial charge in [0.05, 0.1) is 11.6 Å². The number of tetrazole rings is 1. The van der Waals surface area contributed by atoms with E-state index in [4.69, 9.17) is 26.3 Å². The van der Waals surface area contributed by atoms with Crippen molar-refractivity contribution in [3.05, 3.63) is 93.2 Å². The number of halogens is 1. The van der Waals surface area contributed by atoms with Crippen LogP contribution in [0.2, 0.25) is 5.02 Å². The molecule has 180 valence electrons. The Kier molecular flexibility index (Phi) is 5.53. The molecule has 0 unspecified atom stereocenters. The van der Waals surface area contributed by atoms with Crippen LogP contribution in [-0.2, 0) is 19.6 Å². The maximum atomic E-state index is 6.50. The molecule has 0 spiro atoms. The number of aromatic amines is 1. The maximum absolute atomic E-state index is 6.50. The van der Waals surface area contributed by atoms with Gasteiger partial charge < -0.3 is 9.30 Å². The summed E-state index contributed by atoms with van der Waals surface area (Å²) < 4.78 is 8.50. The van der Waals surface area contributed by atoms with Gasteiger partial charge in [-0.1, -0.05) is 54.9 Å². The summed E-state index contributed by atoms with van der Waals surface area (Å²) in [6.07, 6.45) is 0.778. The summed E-state index contributed by atoms with van der Waals surface area (Å²) in [5, 5.41) is 15.2. The monoisotopic (exact) mass is 497 g/mol. The molecule has 2 aromatic carbocycles. The van der Waals surface area contributed by atoms with Gasteiger partial charge in [0.2, 0.25) is 0 Å². The van der Waals surface area contributed by atoms with E-state index < -0.39 is 0 Å². The van der Waals surface area contributed by atoms with Crippen molar-refractivity contribution in [3.63, 3.8) is 0 Å². The number of nitrogens with zero attached hydrogens (tertiary/aromatic N) is 6. The van der Waals surface area contributed by atoms with Crippen LogP contribution < -0.4 is 4.74 Å². The lowest BCUT2D eigenvalue weighted by molar-refractivity contribution is 0.307. The molecule has 0 fully saturated rings. The molecular weight excluding hydrogens is 474 g/mol. The Balaban J connectivity index is 1.48. The molecule has 0 atom stereocenters. The number of rotatable bonds is 4. The van der Waals surface area contributed by atoms with Gasteiger partial charge in [0, 0.05) is 23.3 Å². The molecule has 0 bridgehead atoms. The van der Waals surface area contributed by atoms with Crippen molar-refractivity contribution in [1.29, 1.82) is 0 Å². The second-order valence-corrected chi connectivity index (χ2v) is 9.32. The molecule has 36 heavy (non-hydrogen) atoms. The number of allylic oxidation sites excluding steroid dienone is 1. The number of fused-ring (bicyclic) bond motifs is 3. The van der Waals surface area contributed by atoms with Crippen molar-refractivity contribution in [2.75, 3.05) is 0 Å². The van der Waals surface area contributed by atoms with E-state index in [1.165, 1.54) is 0 Å². The van der Waals surface area contributed by atoms with Crippen LogP contribution in [0, 0.1) is 6.92 Å². The number of hydrogen-bond donors (Lipinski definition) is 1. The highest BCUT2D eigenvalue weighted by molar-refractivity contribution is 6.34. The zero-order valence-corrected chi connectivity index (χ0v) is 21.0. The fourth-order valence-electron chi connectivity index (χ4n) is 4.85. The molecule has 1 N–H and O–H groups in total. The highest BCUT2D eigenvalue weighted by atomic mass is 35.5. The first-order valence-electron chi connectivity index (χ1n) is 11.8. The minimum atomic E-state index is 0.475. The summed E-state index contributed by atoms with van der Waals surface area (Å²) in [7, 11) is 0. The van der Waals surface area contributed by atoms with E-state index in [0.29, 0.717) is 24.0 Å². The average molecular weight is 498 g/mol. The molecule has 3 aromatic heterocycles. The summed E-state index contributed by atoms with van der Waals surface area (Å²) in [6.45, 7) is 7.15. The predicted octanol–water partition coefficient (Wildman–Crippen LogP) is 5.39. The van der Waals surface area contributed by atoms with Gasteiger partial charge in [-0.15, -0.1) is 5.10 Å². The van der Waals surface area contributed by atoms with Crippen molar-refractivity contribution >= 4 is 33.9 Å². The van der Waals surface area contributed by atoms with Crippen LogP contribution in [0.25, 0.3) is 22.3 Å². The predicted molar refractivity (Wildman–Crippen MR) is 139 cm³/mol. The largest absolute Gasteiger partial charge is 0.488 e. The molecule has 0 saturated heterocycles. The van der Waals surface area contributed by atoms with Gasteiger partial charge in [-0.2, -0.15) is 0 Å². The number of aryl methyl sites for hydroxylation is 2. The topological polar surface area (TPSA) is 94.4 Å². The van der Waals surface area contributed by atoms with Crippen LogP contribution in [0.3, 0.4) is 0 Å². The molecule has 0 amide bonds. The third-order valence-electron chi connectivity index (χ3n) is 6.58. The summed E-state index contributed by atoms with van der Waals surface area (Å²) in [5.74, 6) is 2.39. The highest BCUT2D eigenvalue weighted by Gasteiger charge is 2.23. The van der Waals surface area contributed by atoms with Gasteiger partial charge in [-0.3, -0.25) is 0 Å². The highest BCUT2D eigenvalue weighted by Crippen LogP contribution is 2.41. The van der Waals surface area contributed by atoms with Crippen LogP contribution in [-0.4, -0.2) is 35.2 Å². The van der Waals surface area contributed by atoms with E-state index in [1.807, 2.05) is 32.0 Å². The Morgan fingerprint density at radius 2 is 1.97 bits per heavy atom. The van der Waals surface area contributed by atoms with Crippen molar-refractivity contribution in [2.45, 2.75) is 40.3 Å². The number of aromatic nitrogens is 7. The van der Waals surface area contributed by atoms with Gasteiger partial charge >= 0.3 is 0 Å². The molecule has 1 aliphatic rings. The standard InChI is InChI=1S/C27H24ClN7O/c1-4-23-30-25-21(28)11-15(2)29-27(25)35(23)13-17-9-10-20-22(12-17)36-14-18-7-5-6-8-19(18)24(20)16(3)26-31-33-34-32-26/h5-12H,4,13-14H2,1-3H3,(H,31,32,33,34)/b24-16-. The van der Waals surface area contributed by atoms with E-state index in [0.717, 1.165) is 68.3 Å². The van der Waals surface area contributed by atoms with Gasteiger partial charge in [0.15, 0.2) is 11.5 Å². The van der Waals surface area contributed by atoms with Crippen molar-refractivity contribution < 1.29 is 4.74 Å². The number of nitrogens with one attached hydrogen (secondary N) is 1. The first kappa shape index (κ1) is 22.4. The third-order valence-corrected chi connectivity index (χ3v) is 6.87. The molecule has 4 heterocycles. The maximum Gasteiger partial charge on any atom is 0.175 e. The number of ether oxygens (including phenoxy) is 1. The van der Waals surface area contributed by atoms with Crippen LogP contribution in [0.4, 0.5) is 0 Å². The Morgan fingerprint density at radius 1 is 1.11 bits per heavy atom. The molecule has 0 saturated carbocycles. The van der Waals surface area contributed by atoms with Gasteiger partial charge in [-0.25, -0.2) is 15.1 Å². The first-order chi connectivity index (χ1) is 17.5. The zero-order chi connectivity index (χ0) is 24.8. The smallest absolute Gasteiger partial charge is 0.175 e. The lowest BCUT2D eigenvalue weighted by atomic mass is 9.90. The third kappa shape index (κ3) is 3.74. The molecule has 6 rings (SSSR count). The molecule has 0 radical (unpaired) electrons. The number of H-pyrrole nitrogens is 1. The SMILES string of the molecule is CCc1nc2c(Cl)cc(C)nc2n1Cc1ccc2c(c1)OCc1ccccc1/C2=C(\C)c1nnn[nH]1. The van der Waals surface area contributed by atoms with E-state index in [-0.39, 0.29) is 0 Å². The minimum absolute atomic E-state index is 0.475. The second kappa shape index (κ2) is 8.87. The van der Waals surface area contributed by atoms with Gasteiger partial charge in [-0.05, 0) is 58.7 Å². The van der Waals surface area contributed by atoms with Crippen molar-refractivity contribution in [2.24, 2.45) is 0 Å². The van der Waals surface area contributed by atoms with Crippen molar-refractivity contribution in [1.82, 2.24) is 35.2 Å². The second-order valence-electron chi connectivity index (χ2n) is 8.91. The number of imidazole rings is 1. The lowest BCUT2D eigenvalue weighted by Crippen LogP contribution is -2.06. The minimum Gasteiger partial charge on any atom is -0.488 e. The molecular formula is C27H24ClN7O. The number of pyridine rings is 1. The van der Waals surface area contributed by atoms with Gasteiger partial charge in [0.1, 0.15) is 23.7 Å². The van der Waals surface area contributed by atoms with E-state index >= 15 is 0 Å². The quantitative estimate of drug-likeness (QED) is 0.358. The molecule has 0 aliphatic carbocycles. The zero-order valence-electron chi connectivity index (χ0n) is 20.2. The molecule has 8 nitrogen and oxygen atoms in total. The van der Waals surface area contributed by atoms with Crippen LogP contribution in [0.15, 0.2) is 48.5 Å². The summed E-state index contributed by atoms with van der Waals surface area (Å²) in [6, 6.07) is 16.5. The molecule has 1 aliphatic heterocycles. The van der Waals surface area contributed by atoms with Crippen molar-refractivity contribution in [3.8, 4) is 5.75 Å². The van der Waals surface area contributed by atoms with E-state index in [1.54, 1.807) is 0 Å². The summed E-state index contributed by atoms with van der Waals surface area (Å²) in [4.78, 5) is 9.52. The lowest BCUT2D eigenvalue weighted by Gasteiger charge is -2.15. The van der Waals surface area contributed by atoms with Crippen LogP contribution in [0.1, 0.15) is 53.4 Å². The van der Waals surface area contributed by atoms with Gasteiger partial charge in [0.25, 0.3) is 0 Å². The van der Waals surface area contributed by atoms with Crippen LogP contribution in [0.5, 0.6) is 5.75 Å². The van der Waals surface area contributed by atoms with E-state index in [9.17, 15) is 0 Å². The molecule has 9 heteroatoms. The first-order valence-corrected chi connectivity index (χ1v) is 12.2. The average Bonchev–Trinajstić information content (AvgIpc) is 3.50. The Hall–Kier alpha value is -4.04.